The summed E-state index contributed by atoms with van der Waals surface area (Å²) in [5.41, 5.74) is 14.6. The van der Waals surface area contributed by atoms with Crippen molar-refractivity contribution in [2.75, 3.05) is 0 Å². The van der Waals surface area contributed by atoms with E-state index in [-0.39, 0.29) is 19.3 Å². The van der Waals surface area contributed by atoms with Crippen molar-refractivity contribution in [3.8, 4) is 0 Å². The number of hydrogen-bond acceptors (Lipinski definition) is 6. The Labute approximate surface area is 259 Å². The molecule has 0 saturated carbocycles. The molecular formula is C33H36N6O6. The van der Waals surface area contributed by atoms with Crippen LogP contribution in [0.1, 0.15) is 23.1 Å². The summed E-state index contributed by atoms with van der Waals surface area (Å²) in [5.74, 6) is -4.42. The van der Waals surface area contributed by atoms with Gasteiger partial charge in [0.15, 0.2) is 0 Å². The summed E-state index contributed by atoms with van der Waals surface area (Å²) >= 11 is 0. The van der Waals surface area contributed by atoms with E-state index in [0.29, 0.717) is 11.1 Å². The number of benzene rings is 3. The highest BCUT2D eigenvalue weighted by atomic mass is 16.4. The van der Waals surface area contributed by atoms with Gasteiger partial charge in [-0.05, 0) is 29.2 Å². The Morgan fingerprint density at radius 3 is 1.78 bits per heavy atom. The second-order valence-electron chi connectivity index (χ2n) is 10.7. The smallest absolute Gasteiger partial charge is 0.326 e. The van der Waals surface area contributed by atoms with Crippen LogP contribution in [0.25, 0.3) is 10.9 Å². The average Bonchev–Trinajstić information content (AvgIpc) is 3.43. The SMILES string of the molecule is NC(=O)CC(NC(=O)C(N)Cc1c[nH]c2ccccc12)C(=O)NC(Cc1ccccc1)C(=O)NC(Cc1ccccc1)C(=O)O. The molecule has 4 aromatic rings. The van der Waals surface area contributed by atoms with Gasteiger partial charge < -0.3 is 37.5 Å². The molecule has 0 aliphatic heterocycles. The molecule has 4 atom stereocenters. The van der Waals surface area contributed by atoms with Crippen LogP contribution < -0.4 is 27.4 Å². The lowest BCUT2D eigenvalue weighted by molar-refractivity contribution is -0.142. The first-order valence-corrected chi connectivity index (χ1v) is 14.4. The van der Waals surface area contributed by atoms with Gasteiger partial charge in [-0.3, -0.25) is 19.2 Å². The van der Waals surface area contributed by atoms with Crippen LogP contribution in [-0.2, 0) is 43.2 Å². The van der Waals surface area contributed by atoms with Crippen molar-refractivity contribution in [2.45, 2.75) is 49.9 Å². The van der Waals surface area contributed by atoms with Gasteiger partial charge in [-0.2, -0.15) is 0 Å². The minimum Gasteiger partial charge on any atom is -0.480 e. The highest BCUT2D eigenvalue weighted by Gasteiger charge is 2.31. The first-order chi connectivity index (χ1) is 21.6. The third-order valence-corrected chi connectivity index (χ3v) is 7.30. The number of aliphatic carboxylic acids is 1. The molecule has 234 valence electrons. The predicted molar refractivity (Wildman–Crippen MR) is 168 cm³/mol. The Balaban J connectivity index is 1.48. The summed E-state index contributed by atoms with van der Waals surface area (Å²) in [4.78, 5) is 67.0. The quantitative estimate of drug-likeness (QED) is 0.103. The molecule has 0 saturated heterocycles. The van der Waals surface area contributed by atoms with Crippen LogP contribution in [0, 0.1) is 0 Å². The molecule has 1 heterocycles. The zero-order chi connectivity index (χ0) is 32.3. The molecule has 0 spiro atoms. The van der Waals surface area contributed by atoms with E-state index in [1.165, 1.54) is 0 Å². The van der Waals surface area contributed by atoms with E-state index in [9.17, 15) is 29.1 Å². The highest BCUT2D eigenvalue weighted by Crippen LogP contribution is 2.19. The van der Waals surface area contributed by atoms with Crippen LogP contribution in [-0.4, -0.2) is 63.9 Å². The molecule has 0 aliphatic carbocycles. The molecule has 4 amide bonds. The summed E-state index contributed by atoms with van der Waals surface area (Å²) in [6.07, 6.45) is 1.37. The molecule has 0 aliphatic rings. The molecule has 0 radical (unpaired) electrons. The lowest BCUT2D eigenvalue weighted by Gasteiger charge is -2.25. The molecule has 12 nitrogen and oxygen atoms in total. The molecule has 4 unspecified atom stereocenters. The number of carbonyl (C=O) groups is 5. The first kappa shape index (κ1) is 32.4. The Morgan fingerprint density at radius 1 is 0.667 bits per heavy atom. The standard InChI is InChI=1S/C33H36N6O6/c34-24(17-22-19-36-25-14-8-7-13-23(22)25)30(41)37-27(18-29(35)40)32(43)38-26(15-20-9-3-1-4-10-20)31(42)39-28(33(44)45)16-21-11-5-2-6-12-21/h1-14,19,24,26-28,36H,15-18,34H2,(H2,35,40)(H,37,41)(H,38,43)(H,39,42)(H,44,45). The van der Waals surface area contributed by atoms with Gasteiger partial charge in [0, 0.05) is 29.9 Å². The molecule has 9 N–H and O–H groups in total. The largest absolute Gasteiger partial charge is 0.480 e. The Kier molecular flexibility index (Phi) is 11.0. The Hall–Kier alpha value is -5.49. The second-order valence-corrected chi connectivity index (χ2v) is 10.7. The minimum atomic E-state index is -1.44. The van der Waals surface area contributed by atoms with Crippen LogP contribution in [0.2, 0.25) is 0 Å². The number of carboxylic acids is 1. The molecule has 0 fully saturated rings. The van der Waals surface area contributed by atoms with Gasteiger partial charge in [0.05, 0.1) is 12.5 Å². The van der Waals surface area contributed by atoms with E-state index in [1.54, 1.807) is 66.9 Å². The van der Waals surface area contributed by atoms with Gasteiger partial charge in [0.2, 0.25) is 23.6 Å². The topological polar surface area (TPSA) is 209 Å². The lowest BCUT2D eigenvalue weighted by atomic mass is 10.0. The number of aromatic nitrogens is 1. The van der Waals surface area contributed by atoms with E-state index in [4.69, 9.17) is 11.5 Å². The fourth-order valence-corrected chi connectivity index (χ4v) is 4.97. The van der Waals surface area contributed by atoms with Crippen molar-refractivity contribution in [3.05, 3.63) is 108 Å². The van der Waals surface area contributed by atoms with Crippen molar-refractivity contribution in [2.24, 2.45) is 11.5 Å². The summed E-state index contributed by atoms with van der Waals surface area (Å²) in [6, 6.07) is 20.1. The normalized spacial score (nSPS) is 13.6. The summed E-state index contributed by atoms with van der Waals surface area (Å²) < 4.78 is 0. The van der Waals surface area contributed by atoms with E-state index in [1.807, 2.05) is 24.3 Å². The molecule has 1 aromatic heterocycles. The number of H-pyrrole nitrogens is 1. The van der Waals surface area contributed by atoms with Gasteiger partial charge in [-0.25, -0.2) is 4.79 Å². The summed E-state index contributed by atoms with van der Waals surface area (Å²) in [6.45, 7) is 0. The Morgan fingerprint density at radius 2 is 1.18 bits per heavy atom. The minimum absolute atomic E-state index is 0.00735. The van der Waals surface area contributed by atoms with Gasteiger partial charge in [-0.1, -0.05) is 78.9 Å². The molecular weight excluding hydrogens is 576 g/mol. The van der Waals surface area contributed by atoms with Crippen LogP contribution >= 0.6 is 0 Å². The summed E-state index contributed by atoms with van der Waals surface area (Å²) in [7, 11) is 0. The zero-order valence-electron chi connectivity index (χ0n) is 24.4. The number of carboxylic acid groups (broad SMARTS) is 1. The number of carbonyl (C=O) groups excluding carboxylic acids is 4. The Bertz CT molecular complexity index is 1640. The number of primary amides is 1. The van der Waals surface area contributed by atoms with E-state index in [2.05, 4.69) is 20.9 Å². The van der Waals surface area contributed by atoms with Crippen LogP contribution in [0.4, 0.5) is 0 Å². The third-order valence-electron chi connectivity index (χ3n) is 7.30. The van der Waals surface area contributed by atoms with Crippen LogP contribution in [0.3, 0.4) is 0 Å². The number of aromatic amines is 1. The van der Waals surface area contributed by atoms with Crippen molar-refractivity contribution >= 4 is 40.5 Å². The molecule has 45 heavy (non-hydrogen) atoms. The molecule has 12 heteroatoms. The predicted octanol–water partition coefficient (Wildman–Crippen LogP) is 0.938. The van der Waals surface area contributed by atoms with Crippen LogP contribution in [0.15, 0.2) is 91.1 Å². The fourth-order valence-electron chi connectivity index (χ4n) is 4.97. The number of nitrogens with two attached hydrogens (primary N) is 2. The monoisotopic (exact) mass is 612 g/mol. The maximum absolute atomic E-state index is 13.5. The van der Waals surface area contributed by atoms with Crippen molar-refractivity contribution in [1.29, 1.82) is 0 Å². The van der Waals surface area contributed by atoms with Gasteiger partial charge in [0.25, 0.3) is 0 Å². The number of fused-ring (bicyclic) bond motifs is 1. The highest BCUT2D eigenvalue weighted by molar-refractivity contribution is 5.96. The van der Waals surface area contributed by atoms with Crippen molar-refractivity contribution in [1.82, 2.24) is 20.9 Å². The third kappa shape index (κ3) is 9.25. The molecule has 4 rings (SSSR count). The van der Waals surface area contributed by atoms with E-state index < -0.39 is 60.2 Å². The lowest BCUT2D eigenvalue weighted by Crippen LogP contribution is -2.58. The average molecular weight is 613 g/mol. The van der Waals surface area contributed by atoms with Crippen molar-refractivity contribution < 1.29 is 29.1 Å². The number of hydrogen-bond donors (Lipinski definition) is 7. The van der Waals surface area contributed by atoms with Crippen LogP contribution in [0.5, 0.6) is 0 Å². The first-order valence-electron chi connectivity index (χ1n) is 14.4. The second kappa shape index (κ2) is 15.3. The molecule has 0 bridgehead atoms. The van der Waals surface area contributed by atoms with Gasteiger partial charge in [-0.15, -0.1) is 0 Å². The fraction of sp³-hybridized carbons (Fsp3) is 0.242. The maximum atomic E-state index is 13.5. The maximum Gasteiger partial charge on any atom is 0.326 e. The van der Waals surface area contributed by atoms with Gasteiger partial charge >= 0.3 is 5.97 Å². The van der Waals surface area contributed by atoms with E-state index >= 15 is 0 Å². The summed E-state index contributed by atoms with van der Waals surface area (Å²) in [5, 5.41) is 18.3. The van der Waals surface area contributed by atoms with Gasteiger partial charge in [0.1, 0.15) is 18.1 Å². The van der Waals surface area contributed by atoms with Crippen molar-refractivity contribution in [3.63, 3.8) is 0 Å². The number of para-hydroxylation sites is 1. The number of rotatable bonds is 15. The number of nitrogens with one attached hydrogen (secondary N) is 4. The zero-order valence-corrected chi connectivity index (χ0v) is 24.4. The molecule has 3 aromatic carbocycles. The number of amides is 4. The van der Waals surface area contributed by atoms with E-state index in [0.717, 1.165) is 16.5 Å².